The van der Waals surface area contributed by atoms with Crippen LogP contribution in [-0.2, 0) is 16.9 Å². The lowest BCUT2D eigenvalue weighted by atomic mass is 9.71. The van der Waals surface area contributed by atoms with Crippen molar-refractivity contribution in [3.63, 3.8) is 0 Å². The van der Waals surface area contributed by atoms with E-state index in [4.69, 9.17) is 21.4 Å². The molecule has 42 heavy (non-hydrogen) atoms. The molecule has 2 fully saturated rings. The van der Waals surface area contributed by atoms with Crippen LogP contribution in [-0.4, -0.2) is 55.8 Å². The summed E-state index contributed by atoms with van der Waals surface area (Å²) >= 11 is 9.63. The first kappa shape index (κ1) is 26.1. The number of carbonyl (C=O) groups excluding carboxylic acids is 1. The number of likely N-dealkylation sites (tertiary alicyclic amines) is 1. The van der Waals surface area contributed by atoms with Crippen LogP contribution in [0.4, 0.5) is 10.1 Å². The number of hydrogen-bond acceptors (Lipinski definition) is 6. The highest BCUT2D eigenvalue weighted by atomic mass is 79.9. The standard InChI is InChI=1S/C30H24BrClFN5O4/c31-26-25(33)18(7-8-34-26)24-19-12-38-27(17-5-3-15(28(39)40)9-21(17)36-38)42-13-23(19)37(11-14-1-2-14)30(24)20-6-4-16(32)10-22(20)35-29(30)41/h3-10,14,19,23-24H,1-2,11-13H2,(H,35,41)(H,39,40)/t19-,23+,24+,30-/m1/s1. The third kappa shape index (κ3) is 3.62. The first-order chi connectivity index (χ1) is 20.3. The molecule has 5 heterocycles. The lowest BCUT2D eigenvalue weighted by molar-refractivity contribution is -0.128. The number of amides is 1. The Balaban J connectivity index is 1.36. The van der Waals surface area contributed by atoms with Crippen molar-refractivity contribution in [2.75, 3.05) is 18.5 Å². The van der Waals surface area contributed by atoms with E-state index in [-0.39, 0.29) is 34.6 Å². The summed E-state index contributed by atoms with van der Waals surface area (Å²) in [6.07, 6.45) is 3.69. The van der Waals surface area contributed by atoms with Crippen LogP contribution in [0.25, 0.3) is 10.9 Å². The summed E-state index contributed by atoms with van der Waals surface area (Å²) in [5.74, 6) is -1.73. The number of carboxylic acid groups (broad SMARTS) is 1. The van der Waals surface area contributed by atoms with Crippen molar-refractivity contribution in [1.29, 1.82) is 0 Å². The largest absolute Gasteiger partial charge is 0.478 e. The molecule has 2 aromatic carbocycles. The molecular formula is C30H24BrClFN5O4. The number of rotatable bonds is 4. The van der Waals surface area contributed by atoms with E-state index in [0.717, 1.165) is 18.4 Å². The number of halogens is 3. The minimum atomic E-state index is -1.22. The molecule has 0 bridgehead atoms. The second kappa shape index (κ2) is 9.23. The number of carboxylic acids is 1. The molecule has 0 unspecified atom stereocenters. The molecule has 1 aliphatic carbocycles. The van der Waals surface area contributed by atoms with Crippen molar-refractivity contribution in [3.8, 4) is 5.88 Å². The maximum Gasteiger partial charge on any atom is 0.335 e. The highest BCUT2D eigenvalue weighted by Gasteiger charge is 2.68. The maximum atomic E-state index is 16.1. The van der Waals surface area contributed by atoms with Crippen LogP contribution in [0.3, 0.4) is 0 Å². The summed E-state index contributed by atoms with van der Waals surface area (Å²) in [6.45, 7) is 1.25. The molecular weight excluding hydrogens is 629 g/mol. The molecule has 1 spiro atoms. The van der Waals surface area contributed by atoms with Gasteiger partial charge in [0.1, 0.15) is 16.7 Å². The molecule has 8 rings (SSSR count). The van der Waals surface area contributed by atoms with Gasteiger partial charge in [-0.25, -0.2) is 18.9 Å². The Labute approximate surface area is 252 Å². The van der Waals surface area contributed by atoms with Gasteiger partial charge in [0.25, 0.3) is 0 Å². The van der Waals surface area contributed by atoms with Crippen molar-refractivity contribution in [1.82, 2.24) is 19.7 Å². The van der Waals surface area contributed by atoms with Crippen molar-refractivity contribution in [2.45, 2.75) is 36.9 Å². The van der Waals surface area contributed by atoms with Gasteiger partial charge in [-0.05, 0) is 76.7 Å². The lowest BCUT2D eigenvalue weighted by Crippen LogP contribution is -2.53. The number of pyridine rings is 1. The van der Waals surface area contributed by atoms with Gasteiger partial charge in [0, 0.05) is 47.4 Å². The van der Waals surface area contributed by atoms with Crippen LogP contribution in [0, 0.1) is 17.7 Å². The summed E-state index contributed by atoms with van der Waals surface area (Å²) in [6, 6.07) is 11.6. The minimum absolute atomic E-state index is 0.0821. The third-order valence-electron chi connectivity index (χ3n) is 9.29. The molecule has 214 valence electrons. The number of aromatic carboxylic acids is 1. The van der Waals surface area contributed by atoms with Gasteiger partial charge in [-0.2, -0.15) is 5.10 Å². The minimum Gasteiger partial charge on any atom is -0.478 e. The number of carbonyl (C=O) groups is 2. The van der Waals surface area contributed by atoms with Gasteiger partial charge in [-0.15, -0.1) is 0 Å². The normalized spacial score (nSPS) is 26.5. The quantitative estimate of drug-likeness (QED) is 0.284. The Hall–Kier alpha value is -3.54. The number of anilines is 1. The zero-order valence-electron chi connectivity index (χ0n) is 22.1. The fourth-order valence-corrected chi connectivity index (χ4v) is 7.92. The molecule has 0 radical (unpaired) electrons. The fourth-order valence-electron chi connectivity index (χ4n) is 7.40. The molecule has 2 aromatic heterocycles. The molecule has 2 N–H and O–H groups in total. The van der Waals surface area contributed by atoms with Crippen molar-refractivity contribution < 1.29 is 23.8 Å². The molecule has 3 aliphatic heterocycles. The van der Waals surface area contributed by atoms with Crippen molar-refractivity contribution in [3.05, 3.63) is 80.8 Å². The summed E-state index contributed by atoms with van der Waals surface area (Å²) in [4.78, 5) is 32.4. The van der Waals surface area contributed by atoms with Gasteiger partial charge in [0.2, 0.25) is 11.8 Å². The van der Waals surface area contributed by atoms with E-state index in [2.05, 4.69) is 31.1 Å². The number of nitrogens with zero attached hydrogens (tertiary/aromatic N) is 4. The Kier molecular flexibility index (Phi) is 5.74. The van der Waals surface area contributed by atoms with E-state index < -0.39 is 23.2 Å². The number of aromatic nitrogens is 3. The van der Waals surface area contributed by atoms with Crippen LogP contribution < -0.4 is 10.1 Å². The van der Waals surface area contributed by atoms with Crippen molar-refractivity contribution in [2.24, 2.45) is 11.8 Å². The third-order valence-corrected chi connectivity index (χ3v) is 10.1. The van der Waals surface area contributed by atoms with E-state index in [0.29, 0.717) is 52.1 Å². The van der Waals surface area contributed by atoms with E-state index >= 15 is 4.39 Å². The summed E-state index contributed by atoms with van der Waals surface area (Å²) in [5, 5.41) is 18.5. The second-order valence-corrected chi connectivity index (χ2v) is 12.7. The van der Waals surface area contributed by atoms with E-state index in [1.165, 1.54) is 12.1 Å². The Morgan fingerprint density at radius 3 is 2.86 bits per heavy atom. The molecule has 4 aromatic rings. The van der Waals surface area contributed by atoms with Gasteiger partial charge in [-0.3, -0.25) is 9.69 Å². The zero-order valence-corrected chi connectivity index (χ0v) is 24.4. The van der Waals surface area contributed by atoms with Crippen LogP contribution in [0.1, 0.15) is 40.2 Å². The fraction of sp³-hybridized carbons (Fsp3) is 0.333. The predicted octanol–water partition coefficient (Wildman–Crippen LogP) is 5.42. The average Bonchev–Trinajstić information content (AvgIpc) is 3.63. The molecule has 1 saturated heterocycles. The van der Waals surface area contributed by atoms with Gasteiger partial charge < -0.3 is 15.2 Å². The van der Waals surface area contributed by atoms with Gasteiger partial charge in [0.05, 0.1) is 22.5 Å². The number of nitrogens with one attached hydrogen (secondary N) is 1. The van der Waals surface area contributed by atoms with E-state index in [1.807, 2.05) is 6.07 Å². The number of benzene rings is 2. The van der Waals surface area contributed by atoms with Crippen molar-refractivity contribution >= 4 is 56.0 Å². The van der Waals surface area contributed by atoms with Gasteiger partial charge in [0.15, 0.2) is 5.82 Å². The molecule has 9 nitrogen and oxygen atoms in total. The second-order valence-electron chi connectivity index (χ2n) is 11.6. The molecule has 1 saturated carbocycles. The monoisotopic (exact) mass is 651 g/mol. The molecule has 1 amide bonds. The maximum absolute atomic E-state index is 16.1. The summed E-state index contributed by atoms with van der Waals surface area (Å²) in [5.41, 5.74) is 1.18. The van der Waals surface area contributed by atoms with Crippen LogP contribution in [0.15, 0.2) is 53.3 Å². The Bertz CT molecular complexity index is 1830. The first-order valence-electron chi connectivity index (χ1n) is 13.8. The molecule has 4 aliphatic rings. The number of hydrogen-bond donors (Lipinski definition) is 2. The molecule has 4 atom stereocenters. The predicted molar refractivity (Wildman–Crippen MR) is 155 cm³/mol. The van der Waals surface area contributed by atoms with Crippen LogP contribution in [0.5, 0.6) is 5.88 Å². The van der Waals surface area contributed by atoms with Gasteiger partial charge >= 0.3 is 5.97 Å². The number of fused-ring (bicyclic) bond motifs is 6. The van der Waals surface area contributed by atoms with E-state index in [1.54, 1.807) is 35.1 Å². The Morgan fingerprint density at radius 2 is 2.07 bits per heavy atom. The number of ether oxygens (including phenoxy) is 1. The molecule has 12 heteroatoms. The summed E-state index contributed by atoms with van der Waals surface area (Å²) in [7, 11) is 0. The average molecular weight is 653 g/mol. The summed E-state index contributed by atoms with van der Waals surface area (Å²) < 4.78 is 24.4. The first-order valence-corrected chi connectivity index (χ1v) is 15.0. The van der Waals surface area contributed by atoms with Crippen LogP contribution >= 0.6 is 27.5 Å². The Morgan fingerprint density at radius 1 is 1.24 bits per heavy atom. The van der Waals surface area contributed by atoms with E-state index in [9.17, 15) is 14.7 Å². The topological polar surface area (TPSA) is 110 Å². The smallest absolute Gasteiger partial charge is 0.335 e. The van der Waals surface area contributed by atoms with Gasteiger partial charge in [-0.1, -0.05) is 17.7 Å². The highest BCUT2D eigenvalue weighted by molar-refractivity contribution is 9.10. The van der Waals surface area contributed by atoms with Crippen LogP contribution in [0.2, 0.25) is 5.02 Å². The zero-order chi connectivity index (χ0) is 28.9. The lowest BCUT2D eigenvalue weighted by Gasteiger charge is -2.40. The SMILES string of the molecule is O=C(O)c1ccc2c3n(nc2c1)C[C@@H]1[C@H](CO3)N(CC2CC2)[C@@]2(C(=O)Nc3cc(Cl)ccc32)[C@H]1c1ccnc(Br)c1F. The highest BCUT2D eigenvalue weighted by Crippen LogP contribution is 2.61.